The van der Waals surface area contributed by atoms with Crippen molar-refractivity contribution in [2.45, 2.75) is 58.5 Å². The summed E-state index contributed by atoms with van der Waals surface area (Å²) in [5, 5.41) is 0. The van der Waals surface area contributed by atoms with E-state index >= 15 is 0 Å². The molecule has 0 amide bonds. The van der Waals surface area contributed by atoms with E-state index in [9.17, 15) is 4.79 Å². The van der Waals surface area contributed by atoms with Crippen molar-refractivity contribution in [1.82, 2.24) is 0 Å². The summed E-state index contributed by atoms with van der Waals surface area (Å²) in [6.45, 7) is 5.33. The van der Waals surface area contributed by atoms with Crippen LogP contribution in [0, 0.1) is 5.41 Å². The highest BCUT2D eigenvalue weighted by atomic mass is 16.5. The van der Waals surface area contributed by atoms with Crippen molar-refractivity contribution in [2.24, 2.45) is 5.41 Å². The van der Waals surface area contributed by atoms with Gasteiger partial charge < -0.3 is 4.74 Å². The SMILES string of the molecule is CCCCO[C@@H]1CCC2=CC(=O)CC[C@]21C. The third-order valence-corrected chi connectivity index (χ3v) is 4.16. The Balaban J connectivity index is 2.02. The summed E-state index contributed by atoms with van der Waals surface area (Å²) >= 11 is 0. The number of ether oxygens (including phenoxy) is 1. The van der Waals surface area contributed by atoms with Crippen LogP contribution in [-0.4, -0.2) is 18.5 Å². The van der Waals surface area contributed by atoms with Gasteiger partial charge in [0.1, 0.15) is 0 Å². The minimum Gasteiger partial charge on any atom is -0.377 e. The van der Waals surface area contributed by atoms with Crippen molar-refractivity contribution in [3.05, 3.63) is 11.6 Å². The van der Waals surface area contributed by atoms with Gasteiger partial charge in [0.2, 0.25) is 0 Å². The van der Waals surface area contributed by atoms with Gasteiger partial charge in [0, 0.05) is 18.4 Å². The van der Waals surface area contributed by atoms with Gasteiger partial charge in [-0.1, -0.05) is 25.8 Å². The first-order valence-corrected chi connectivity index (χ1v) is 6.52. The fraction of sp³-hybridized carbons (Fsp3) is 0.786. The second-order valence-corrected chi connectivity index (χ2v) is 5.31. The van der Waals surface area contributed by atoms with Gasteiger partial charge in [0.25, 0.3) is 0 Å². The smallest absolute Gasteiger partial charge is 0.155 e. The first-order chi connectivity index (χ1) is 7.66. The van der Waals surface area contributed by atoms with Crippen LogP contribution in [0.5, 0.6) is 0 Å². The van der Waals surface area contributed by atoms with Gasteiger partial charge in [0.05, 0.1) is 6.10 Å². The summed E-state index contributed by atoms with van der Waals surface area (Å²) in [7, 11) is 0. The molecule has 2 rings (SSSR count). The van der Waals surface area contributed by atoms with E-state index in [0.717, 1.165) is 32.3 Å². The number of allylic oxidation sites excluding steroid dienone is 1. The van der Waals surface area contributed by atoms with Crippen LogP contribution in [0.2, 0.25) is 0 Å². The van der Waals surface area contributed by atoms with Crippen molar-refractivity contribution in [2.75, 3.05) is 6.61 Å². The Morgan fingerprint density at radius 1 is 1.50 bits per heavy atom. The third-order valence-electron chi connectivity index (χ3n) is 4.16. The first-order valence-electron chi connectivity index (χ1n) is 6.52. The molecule has 2 atom stereocenters. The van der Waals surface area contributed by atoms with Gasteiger partial charge in [-0.2, -0.15) is 0 Å². The third kappa shape index (κ3) is 2.08. The largest absolute Gasteiger partial charge is 0.377 e. The zero-order valence-corrected chi connectivity index (χ0v) is 10.4. The van der Waals surface area contributed by atoms with Crippen molar-refractivity contribution < 1.29 is 9.53 Å². The number of fused-ring (bicyclic) bond motifs is 1. The standard InChI is InChI=1S/C14H22O2/c1-3-4-9-16-13-6-5-11-10-12(15)7-8-14(11,13)2/h10,13H,3-9H2,1-2H3/t13-,14-/m1/s1. The Kier molecular flexibility index (Phi) is 3.48. The molecule has 1 fully saturated rings. The summed E-state index contributed by atoms with van der Waals surface area (Å²) < 4.78 is 6.00. The molecule has 0 heterocycles. The van der Waals surface area contributed by atoms with Gasteiger partial charge >= 0.3 is 0 Å². The molecule has 0 spiro atoms. The minimum atomic E-state index is 0.154. The topological polar surface area (TPSA) is 26.3 Å². The lowest BCUT2D eigenvalue weighted by Gasteiger charge is -2.35. The highest BCUT2D eigenvalue weighted by Gasteiger charge is 2.45. The van der Waals surface area contributed by atoms with Crippen molar-refractivity contribution in [3.63, 3.8) is 0 Å². The zero-order chi connectivity index (χ0) is 11.6. The molecule has 0 aromatic heterocycles. The molecule has 2 nitrogen and oxygen atoms in total. The van der Waals surface area contributed by atoms with Gasteiger partial charge in [-0.15, -0.1) is 0 Å². The Morgan fingerprint density at radius 2 is 2.31 bits per heavy atom. The average Bonchev–Trinajstić information content (AvgIpc) is 2.57. The van der Waals surface area contributed by atoms with E-state index in [1.165, 1.54) is 12.0 Å². The average molecular weight is 222 g/mol. The Bertz CT molecular complexity index is 306. The molecular formula is C14H22O2. The van der Waals surface area contributed by atoms with Gasteiger partial charge in [-0.05, 0) is 31.8 Å². The van der Waals surface area contributed by atoms with E-state index in [1.54, 1.807) is 0 Å². The maximum Gasteiger partial charge on any atom is 0.155 e. The number of carbonyl (C=O) groups excluding carboxylic acids is 1. The highest BCUT2D eigenvalue weighted by molar-refractivity contribution is 5.91. The van der Waals surface area contributed by atoms with Crippen LogP contribution in [0.1, 0.15) is 52.4 Å². The zero-order valence-electron chi connectivity index (χ0n) is 10.4. The predicted molar refractivity (Wildman–Crippen MR) is 64.3 cm³/mol. The van der Waals surface area contributed by atoms with Crippen molar-refractivity contribution >= 4 is 5.78 Å². The van der Waals surface area contributed by atoms with Crippen molar-refractivity contribution in [1.29, 1.82) is 0 Å². The molecule has 90 valence electrons. The molecule has 0 aliphatic heterocycles. The molecule has 0 bridgehead atoms. The molecule has 0 N–H and O–H groups in total. The second-order valence-electron chi connectivity index (χ2n) is 5.31. The molecular weight excluding hydrogens is 200 g/mol. The molecule has 0 aromatic carbocycles. The van der Waals surface area contributed by atoms with Crippen molar-refractivity contribution in [3.8, 4) is 0 Å². The lowest BCUT2D eigenvalue weighted by atomic mass is 9.74. The summed E-state index contributed by atoms with van der Waals surface area (Å²) in [5.41, 5.74) is 1.49. The molecule has 1 saturated carbocycles. The number of rotatable bonds is 4. The predicted octanol–water partition coefficient (Wildman–Crippen LogP) is 3.26. The molecule has 2 aliphatic rings. The number of carbonyl (C=O) groups is 1. The van der Waals surface area contributed by atoms with E-state index in [4.69, 9.17) is 4.74 Å². The van der Waals surface area contributed by atoms with Gasteiger partial charge in [-0.3, -0.25) is 4.79 Å². The van der Waals surface area contributed by atoms with Crippen LogP contribution < -0.4 is 0 Å². The second kappa shape index (κ2) is 4.70. The minimum absolute atomic E-state index is 0.154. The number of ketones is 1. The molecule has 2 heteroatoms. The lowest BCUT2D eigenvalue weighted by Crippen LogP contribution is -2.33. The molecule has 2 aliphatic carbocycles. The Hall–Kier alpha value is -0.630. The molecule has 0 aromatic rings. The van der Waals surface area contributed by atoms with Crippen LogP contribution in [0.4, 0.5) is 0 Å². The fourth-order valence-corrected chi connectivity index (χ4v) is 2.94. The monoisotopic (exact) mass is 222 g/mol. The Labute approximate surface area is 98.1 Å². The quantitative estimate of drug-likeness (QED) is 0.682. The first kappa shape index (κ1) is 11.8. The summed E-state index contributed by atoms with van der Waals surface area (Å²) in [4.78, 5) is 11.4. The molecule has 0 saturated heterocycles. The Morgan fingerprint density at radius 3 is 3.06 bits per heavy atom. The molecule has 0 unspecified atom stereocenters. The number of hydrogen-bond donors (Lipinski definition) is 0. The van der Waals surface area contributed by atoms with Gasteiger partial charge in [0.15, 0.2) is 5.78 Å². The van der Waals surface area contributed by atoms with E-state index in [1.807, 2.05) is 6.08 Å². The summed E-state index contributed by atoms with van der Waals surface area (Å²) in [6, 6.07) is 0. The summed E-state index contributed by atoms with van der Waals surface area (Å²) in [6.07, 6.45) is 8.39. The van der Waals surface area contributed by atoms with Crippen LogP contribution in [0.3, 0.4) is 0 Å². The number of unbranched alkanes of at least 4 members (excludes halogenated alkanes) is 1. The van der Waals surface area contributed by atoms with Crippen LogP contribution in [0.15, 0.2) is 11.6 Å². The van der Waals surface area contributed by atoms with E-state index < -0.39 is 0 Å². The lowest BCUT2D eigenvalue weighted by molar-refractivity contribution is -0.116. The molecule has 16 heavy (non-hydrogen) atoms. The van der Waals surface area contributed by atoms with Gasteiger partial charge in [-0.25, -0.2) is 0 Å². The van der Waals surface area contributed by atoms with E-state index in [-0.39, 0.29) is 5.41 Å². The van der Waals surface area contributed by atoms with Crippen LogP contribution >= 0.6 is 0 Å². The maximum absolute atomic E-state index is 11.4. The van der Waals surface area contributed by atoms with E-state index in [0.29, 0.717) is 18.3 Å². The van der Waals surface area contributed by atoms with Crippen LogP contribution in [-0.2, 0) is 9.53 Å². The number of hydrogen-bond acceptors (Lipinski definition) is 2. The highest BCUT2D eigenvalue weighted by Crippen LogP contribution is 2.49. The summed E-state index contributed by atoms with van der Waals surface area (Å²) in [5.74, 6) is 0.307. The molecule has 0 radical (unpaired) electrons. The van der Waals surface area contributed by atoms with E-state index in [2.05, 4.69) is 13.8 Å². The fourth-order valence-electron chi connectivity index (χ4n) is 2.94. The maximum atomic E-state index is 11.4. The normalized spacial score (nSPS) is 33.8. The van der Waals surface area contributed by atoms with Crippen LogP contribution in [0.25, 0.3) is 0 Å².